The number of para-hydroxylation sites is 1. The van der Waals surface area contributed by atoms with Crippen molar-refractivity contribution in [2.75, 3.05) is 23.7 Å². The fourth-order valence-electron chi connectivity index (χ4n) is 3.45. The van der Waals surface area contributed by atoms with E-state index in [2.05, 4.69) is 15.5 Å². The molecule has 7 nitrogen and oxygen atoms in total. The first-order chi connectivity index (χ1) is 13.9. The molecule has 2 aromatic carbocycles. The second-order valence-electron chi connectivity index (χ2n) is 7.27. The fourth-order valence-corrected chi connectivity index (χ4v) is 3.45. The molecule has 3 amide bonds. The minimum absolute atomic E-state index is 0.0301. The molecule has 0 aliphatic carbocycles. The van der Waals surface area contributed by atoms with Crippen LogP contribution in [0.15, 0.2) is 54.6 Å². The van der Waals surface area contributed by atoms with Crippen molar-refractivity contribution in [3.8, 4) is 0 Å². The van der Waals surface area contributed by atoms with Crippen LogP contribution in [0, 0.1) is 5.92 Å². The van der Waals surface area contributed by atoms with Crippen LogP contribution in [0.2, 0.25) is 0 Å². The number of hydrogen-bond donors (Lipinski definition) is 3. The molecule has 29 heavy (non-hydrogen) atoms. The van der Waals surface area contributed by atoms with Crippen LogP contribution in [0.4, 0.5) is 11.4 Å². The van der Waals surface area contributed by atoms with Crippen molar-refractivity contribution in [1.29, 1.82) is 0 Å². The molecular formula is C22H26N4O3. The van der Waals surface area contributed by atoms with Gasteiger partial charge in [-0.3, -0.25) is 19.3 Å². The van der Waals surface area contributed by atoms with Gasteiger partial charge in [-0.1, -0.05) is 18.2 Å². The maximum Gasteiger partial charge on any atom is 0.248 e. The van der Waals surface area contributed by atoms with Crippen molar-refractivity contribution in [2.45, 2.75) is 25.8 Å². The third kappa shape index (κ3) is 5.42. The van der Waals surface area contributed by atoms with Gasteiger partial charge in [0, 0.05) is 22.9 Å². The standard InChI is InChI=1S/C22H26N4O3/c1-15(21(28)24-19-9-7-16(8-10-19)20(23)27)26-13-11-17(12-14-26)22(29)25-18-5-3-2-4-6-18/h2-10,15,17H,11-14H2,1H3,(H2,23,27)(H,24,28)(H,25,29). The van der Waals surface area contributed by atoms with Crippen LogP contribution >= 0.6 is 0 Å². The Morgan fingerprint density at radius 2 is 1.52 bits per heavy atom. The van der Waals surface area contributed by atoms with E-state index in [0.717, 1.165) is 5.69 Å². The average molecular weight is 394 g/mol. The highest BCUT2D eigenvalue weighted by molar-refractivity contribution is 5.96. The Labute approximate surface area is 170 Å². The normalized spacial score (nSPS) is 16.0. The number of benzene rings is 2. The number of anilines is 2. The highest BCUT2D eigenvalue weighted by Gasteiger charge is 2.29. The highest BCUT2D eigenvalue weighted by atomic mass is 16.2. The molecule has 7 heteroatoms. The summed E-state index contributed by atoms with van der Waals surface area (Å²) >= 11 is 0. The lowest BCUT2D eigenvalue weighted by Crippen LogP contribution is -2.47. The number of carbonyl (C=O) groups is 3. The molecule has 0 radical (unpaired) electrons. The van der Waals surface area contributed by atoms with Crippen LogP contribution in [0.1, 0.15) is 30.1 Å². The van der Waals surface area contributed by atoms with Crippen molar-refractivity contribution in [3.05, 3.63) is 60.2 Å². The van der Waals surface area contributed by atoms with E-state index in [1.165, 1.54) is 0 Å². The number of nitrogens with two attached hydrogens (primary N) is 1. The number of carbonyl (C=O) groups excluding carboxylic acids is 3. The maximum absolute atomic E-state index is 12.6. The van der Waals surface area contributed by atoms with E-state index in [1.54, 1.807) is 24.3 Å². The molecule has 1 saturated heterocycles. The van der Waals surface area contributed by atoms with Crippen molar-refractivity contribution in [2.24, 2.45) is 11.7 Å². The van der Waals surface area contributed by atoms with Crippen molar-refractivity contribution in [1.82, 2.24) is 4.90 Å². The maximum atomic E-state index is 12.6. The van der Waals surface area contributed by atoms with E-state index >= 15 is 0 Å². The minimum Gasteiger partial charge on any atom is -0.366 e. The molecule has 1 unspecified atom stereocenters. The minimum atomic E-state index is -0.504. The van der Waals surface area contributed by atoms with E-state index in [4.69, 9.17) is 5.73 Å². The van der Waals surface area contributed by atoms with Gasteiger partial charge in [0.2, 0.25) is 17.7 Å². The van der Waals surface area contributed by atoms with Gasteiger partial charge < -0.3 is 16.4 Å². The zero-order chi connectivity index (χ0) is 20.8. The molecule has 1 aliphatic rings. The third-order valence-corrected chi connectivity index (χ3v) is 5.31. The Hall–Kier alpha value is -3.19. The summed E-state index contributed by atoms with van der Waals surface area (Å²) in [5.74, 6) is -0.648. The predicted octanol–water partition coefficient (Wildman–Crippen LogP) is 2.46. The number of primary amides is 1. The molecule has 4 N–H and O–H groups in total. The monoisotopic (exact) mass is 394 g/mol. The van der Waals surface area contributed by atoms with Gasteiger partial charge >= 0.3 is 0 Å². The molecule has 1 aliphatic heterocycles. The topological polar surface area (TPSA) is 105 Å². The van der Waals surface area contributed by atoms with Gasteiger partial charge in [0.25, 0.3) is 0 Å². The summed E-state index contributed by atoms with van der Waals surface area (Å²) in [5.41, 5.74) is 7.04. The van der Waals surface area contributed by atoms with Crippen molar-refractivity contribution < 1.29 is 14.4 Å². The second-order valence-corrected chi connectivity index (χ2v) is 7.27. The SMILES string of the molecule is CC(C(=O)Nc1ccc(C(N)=O)cc1)N1CCC(C(=O)Nc2ccccc2)CC1. The molecule has 0 aromatic heterocycles. The molecule has 1 heterocycles. The zero-order valence-electron chi connectivity index (χ0n) is 16.4. The number of nitrogens with zero attached hydrogens (tertiary/aromatic N) is 1. The Morgan fingerprint density at radius 1 is 0.931 bits per heavy atom. The number of piperidine rings is 1. The smallest absolute Gasteiger partial charge is 0.248 e. The second kappa shape index (κ2) is 9.34. The van der Waals surface area contributed by atoms with Crippen LogP contribution < -0.4 is 16.4 Å². The van der Waals surface area contributed by atoms with Crippen LogP contribution in [0.5, 0.6) is 0 Å². The summed E-state index contributed by atoms with van der Waals surface area (Å²) in [7, 11) is 0. The molecule has 152 valence electrons. The lowest BCUT2D eigenvalue weighted by Gasteiger charge is -2.34. The lowest BCUT2D eigenvalue weighted by molar-refractivity contribution is -0.123. The number of nitrogens with one attached hydrogen (secondary N) is 2. The summed E-state index contributed by atoms with van der Waals surface area (Å²) in [5, 5.41) is 5.81. The van der Waals surface area contributed by atoms with Gasteiger partial charge in [-0.05, 0) is 69.3 Å². The predicted molar refractivity (Wildman–Crippen MR) is 112 cm³/mol. The van der Waals surface area contributed by atoms with Gasteiger partial charge in [0.1, 0.15) is 0 Å². The third-order valence-electron chi connectivity index (χ3n) is 5.31. The van der Waals surface area contributed by atoms with Gasteiger partial charge in [-0.15, -0.1) is 0 Å². The Morgan fingerprint density at radius 3 is 2.10 bits per heavy atom. The summed E-state index contributed by atoms with van der Waals surface area (Å²) in [6.45, 7) is 3.22. The summed E-state index contributed by atoms with van der Waals surface area (Å²) in [4.78, 5) is 38.2. The van der Waals surface area contributed by atoms with Gasteiger partial charge in [-0.25, -0.2) is 0 Å². The quantitative estimate of drug-likeness (QED) is 0.700. The number of rotatable bonds is 6. The molecular weight excluding hydrogens is 368 g/mol. The summed E-state index contributed by atoms with van der Waals surface area (Å²) in [6, 6.07) is 15.6. The van der Waals surface area contributed by atoms with Crippen LogP contribution in [-0.4, -0.2) is 41.8 Å². The van der Waals surface area contributed by atoms with E-state index in [0.29, 0.717) is 37.2 Å². The molecule has 3 rings (SSSR count). The molecule has 1 atom stereocenters. The molecule has 0 spiro atoms. The lowest BCUT2D eigenvalue weighted by atomic mass is 9.94. The van der Waals surface area contributed by atoms with Gasteiger partial charge in [-0.2, -0.15) is 0 Å². The van der Waals surface area contributed by atoms with Crippen LogP contribution in [-0.2, 0) is 9.59 Å². The fraction of sp³-hybridized carbons (Fsp3) is 0.318. The van der Waals surface area contributed by atoms with E-state index < -0.39 is 5.91 Å². The Bertz CT molecular complexity index is 859. The Balaban J connectivity index is 1.48. The number of likely N-dealkylation sites (tertiary alicyclic amines) is 1. The molecule has 0 saturated carbocycles. The van der Waals surface area contributed by atoms with Crippen LogP contribution in [0.25, 0.3) is 0 Å². The van der Waals surface area contributed by atoms with Crippen LogP contribution in [0.3, 0.4) is 0 Å². The van der Waals surface area contributed by atoms with E-state index in [-0.39, 0.29) is 23.8 Å². The number of hydrogen-bond acceptors (Lipinski definition) is 4. The number of amides is 3. The zero-order valence-corrected chi connectivity index (χ0v) is 16.4. The first kappa shape index (κ1) is 20.5. The largest absolute Gasteiger partial charge is 0.366 e. The Kier molecular flexibility index (Phi) is 6.61. The molecule has 0 bridgehead atoms. The first-order valence-corrected chi connectivity index (χ1v) is 9.74. The highest BCUT2D eigenvalue weighted by Crippen LogP contribution is 2.21. The molecule has 2 aromatic rings. The van der Waals surface area contributed by atoms with Gasteiger partial charge in [0.05, 0.1) is 6.04 Å². The average Bonchev–Trinajstić information content (AvgIpc) is 2.74. The van der Waals surface area contributed by atoms with Gasteiger partial charge in [0.15, 0.2) is 0 Å². The van der Waals surface area contributed by atoms with E-state index in [1.807, 2.05) is 37.3 Å². The van der Waals surface area contributed by atoms with Crippen molar-refractivity contribution >= 4 is 29.1 Å². The molecule has 1 fully saturated rings. The van der Waals surface area contributed by atoms with Crippen molar-refractivity contribution in [3.63, 3.8) is 0 Å². The first-order valence-electron chi connectivity index (χ1n) is 9.74. The summed E-state index contributed by atoms with van der Waals surface area (Å²) < 4.78 is 0. The summed E-state index contributed by atoms with van der Waals surface area (Å²) in [6.07, 6.45) is 1.42. The van der Waals surface area contributed by atoms with E-state index in [9.17, 15) is 14.4 Å².